The number of anilines is 2. The number of benzene rings is 3. The highest BCUT2D eigenvalue weighted by molar-refractivity contribution is 6.12. The molecule has 1 atom stereocenters. The van der Waals surface area contributed by atoms with Crippen molar-refractivity contribution in [3.63, 3.8) is 0 Å². The van der Waals surface area contributed by atoms with Gasteiger partial charge in [0.2, 0.25) is 0 Å². The van der Waals surface area contributed by atoms with Crippen LogP contribution in [-0.4, -0.2) is 30.7 Å². The smallest absolute Gasteiger partial charge is 0.341 e. The summed E-state index contributed by atoms with van der Waals surface area (Å²) in [6, 6.07) is 20.3. The van der Waals surface area contributed by atoms with Crippen molar-refractivity contribution in [3.05, 3.63) is 83.4 Å². The van der Waals surface area contributed by atoms with Crippen molar-refractivity contribution in [3.8, 4) is 11.5 Å². The van der Waals surface area contributed by atoms with Crippen LogP contribution in [0, 0.1) is 6.92 Å². The summed E-state index contributed by atoms with van der Waals surface area (Å²) in [5.41, 5.74) is 3.95. The predicted octanol–water partition coefficient (Wildman–Crippen LogP) is 4.24. The van der Waals surface area contributed by atoms with Crippen LogP contribution in [0.5, 0.6) is 11.5 Å². The number of para-hydroxylation sites is 1. The lowest BCUT2D eigenvalue weighted by Gasteiger charge is -2.38. The van der Waals surface area contributed by atoms with Gasteiger partial charge in [0.1, 0.15) is 6.17 Å². The number of carboxylic acid groups (broad SMARTS) is 1. The first kappa shape index (κ1) is 20.3. The van der Waals surface area contributed by atoms with Crippen LogP contribution in [0.4, 0.5) is 11.4 Å². The number of ether oxygens (including phenoxy) is 2. The topological polar surface area (TPSA) is 88.1 Å². The van der Waals surface area contributed by atoms with Crippen LogP contribution >= 0.6 is 0 Å². The SMILES string of the molecule is COc1cc([C@@H]2Nc3ccccc3C(=O)N2c2ccc(C)cc2)ccc1OCC(=O)O. The highest BCUT2D eigenvalue weighted by Crippen LogP contribution is 2.39. The number of fused-ring (bicyclic) bond motifs is 1. The fourth-order valence-corrected chi connectivity index (χ4v) is 3.57. The molecule has 31 heavy (non-hydrogen) atoms. The average molecular weight is 418 g/mol. The van der Waals surface area contributed by atoms with Crippen LogP contribution in [0.3, 0.4) is 0 Å². The summed E-state index contributed by atoms with van der Waals surface area (Å²) < 4.78 is 10.7. The van der Waals surface area contributed by atoms with Gasteiger partial charge in [0.15, 0.2) is 18.1 Å². The minimum absolute atomic E-state index is 0.117. The van der Waals surface area contributed by atoms with E-state index in [-0.39, 0.29) is 5.91 Å². The number of methoxy groups -OCH3 is 1. The summed E-state index contributed by atoms with van der Waals surface area (Å²) in [7, 11) is 1.49. The van der Waals surface area contributed by atoms with Crippen molar-refractivity contribution >= 4 is 23.3 Å². The maximum absolute atomic E-state index is 13.4. The molecule has 1 heterocycles. The second-order valence-electron chi connectivity index (χ2n) is 7.20. The molecular weight excluding hydrogens is 396 g/mol. The second-order valence-corrected chi connectivity index (χ2v) is 7.20. The highest BCUT2D eigenvalue weighted by Gasteiger charge is 2.34. The van der Waals surface area contributed by atoms with E-state index in [0.717, 1.165) is 22.5 Å². The summed E-state index contributed by atoms with van der Waals surface area (Å²) in [5.74, 6) is -0.491. The van der Waals surface area contributed by atoms with Crippen molar-refractivity contribution in [1.29, 1.82) is 0 Å². The van der Waals surface area contributed by atoms with Crippen molar-refractivity contribution in [2.75, 3.05) is 23.9 Å². The molecule has 0 spiro atoms. The van der Waals surface area contributed by atoms with Crippen molar-refractivity contribution in [2.24, 2.45) is 0 Å². The van der Waals surface area contributed by atoms with E-state index >= 15 is 0 Å². The van der Waals surface area contributed by atoms with E-state index in [2.05, 4.69) is 5.32 Å². The first-order valence-electron chi connectivity index (χ1n) is 9.76. The number of aryl methyl sites for hydroxylation is 1. The fraction of sp³-hybridized carbons (Fsp3) is 0.167. The number of hydrogen-bond donors (Lipinski definition) is 2. The van der Waals surface area contributed by atoms with Crippen LogP contribution in [0.25, 0.3) is 0 Å². The van der Waals surface area contributed by atoms with Gasteiger partial charge in [-0.2, -0.15) is 0 Å². The number of carbonyl (C=O) groups excluding carboxylic acids is 1. The standard InChI is InChI=1S/C24H22N2O5/c1-15-7-10-17(11-8-15)26-23(25-19-6-4-3-5-18(19)24(26)29)16-9-12-20(21(13-16)30-2)31-14-22(27)28/h3-13,23,25H,14H2,1-2H3,(H,27,28)/t23-/m1/s1. The van der Waals surface area contributed by atoms with Crippen LogP contribution in [-0.2, 0) is 4.79 Å². The first-order valence-corrected chi connectivity index (χ1v) is 9.76. The largest absolute Gasteiger partial charge is 0.493 e. The molecule has 0 fully saturated rings. The van der Waals surface area contributed by atoms with Gasteiger partial charge in [-0.05, 0) is 48.9 Å². The van der Waals surface area contributed by atoms with E-state index in [4.69, 9.17) is 14.6 Å². The summed E-state index contributed by atoms with van der Waals surface area (Å²) >= 11 is 0. The minimum atomic E-state index is -1.08. The molecule has 1 amide bonds. The van der Waals surface area contributed by atoms with Crippen LogP contribution in [0.15, 0.2) is 66.7 Å². The van der Waals surface area contributed by atoms with Gasteiger partial charge in [0, 0.05) is 11.4 Å². The van der Waals surface area contributed by atoms with Crippen molar-refractivity contribution < 1.29 is 24.2 Å². The van der Waals surface area contributed by atoms with Crippen LogP contribution < -0.4 is 19.7 Å². The Bertz CT molecular complexity index is 1130. The third-order valence-electron chi connectivity index (χ3n) is 5.09. The molecule has 1 aliphatic rings. The van der Waals surface area contributed by atoms with Gasteiger partial charge in [-0.15, -0.1) is 0 Å². The van der Waals surface area contributed by atoms with E-state index in [0.29, 0.717) is 17.1 Å². The Labute approximate surface area is 179 Å². The predicted molar refractivity (Wildman–Crippen MR) is 117 cm³/mol. The van der Waals surface area contributed by atoms with Crippen LogP contribution in [0.2, 0.25) is 0 Å². The van der Waals surface area contributed by atoms with Crippen molar-refractivity contribution in [1.82, 2.24) is 0 Å². The average Bonchev–Trinajstić information content (AvgIpc) is 2.78. The van der Waals surface area contributed by atoms with Crippen molar-refractivity contribution in [2.45, 2.75) is 13.1 Å². The van der Waals surface area contributed by atoms with Gasteiger partial charge in [0.25, 0.3) is 5.91 Å². The lowest BCUT2D eigenvalue weighted by molar-refractivity contribution is -0.139. The van der Waals surface area contributed by atoms with Gasteiger partial charge in [0.05, 0.1) is 12.7 Å². The Balaban J connectivity index is 1.77. The number of nitrogens with zero attached hydrogens (tertiary/aromatic N) is 1. The van der Waals surface area contributed by atoms with Gasteiger partial charge in [-0.1, -0.05) is 35.9 Å². The summed E-state index contributed by atoms with van der Waals surface area (Å²) in [6.45, 7) is 1.52. The number of nitrogens with one attached hydrogen (secondary N) is 1. The molecule has 0 radical (unpaired) electrons. The summed E-state index contributed by atoms with van der Waals surface area (Å²) in [4.78, 5) is 26.0. The molecule has 7 heteroatoms. The van der Waals surface area contributed by atoms with E-state index in [1.54, 1.807) is 29.2 Å². The van der Waals surface area contributed by atoms with Gasteiger partial charge >= 0.3 is 5.97 Å². The molecule has 1 aliphatic heterocycles. The number of hydrogen-bond acceptors (Lipinski definition) is 5. The molecule has 3 aromatic carbocycles. The molecule has 4 rings (SSSR count). The van der Waals surface area contributed by atoms with E-state index in [1.165, 1.54) is 7.11 Å². The third-order valence-corrected chi connectivity index (χ3v) is 5.09. The first-order chi connectivity index (χ1) is 15.0. The number of carbonyl (C=O) groups is 2. The van der Waals surface area contributed by atoms with Gasteiger partial charge in [-0.25, -0.2) is 4.79 Å². The Morgan fingerprint density at radius 3 is 2.52 bits per heavy atom. The molecule has 0 bridgehead atoms. The van der Waals surface area contributed by atoms with E-state index < -0.39 is 18.7 Å². The van der Waals surface area contributed by atoms with E-state index in [9.17, 15) is 9.59 Å². The van der Waals surface area contributed by atoms with Crippen LogP contribution in [0.1, 0.15) is 27.7 Å². The molecule has 0 saturated heterocycles. The molecule has 7 nitrogen and oxygen atoms in total. The lowest BCUT2D eigenvalue weighted by atomic mass is 10.0. The lowest BCUT2D eigenvalue weighted by Crippen LogP contribution is -2.43. The minimum Gasteiger partial charge on any atom is -0.493 e. The monoisotopic (exact) mass is 418 g/mol. The molecule has 0 unspecified atom stereocenters. The Morgan fingerprint density at radius 2 is 1.81 bits per heavy atom. The Hall–Kier alpha value is -4.00. The van der Waals surface area contributed by atoms with Gasteiger partial charge < -0.3 is 19.9 Å². The third kappa shape index (κ3) is 4.02. The quantitative estimate of drug-likeness (QED) is 0.623. The molecule has 0 saturated carbocycles. The maximum atomic E-state index is 13.4. The van der Waals surface area contributed by atoms with E-state index in [1.807, 2.05) is 49.4 Å². The maximum Gasteiger partial charge on any atom is 0.341 e. The normalized spacial score (nSPS) is 15.1. The molecule has 158 valence electrons. The highest BCUT2D eigenvalue weighted by atomic mass is 16.5. The summed E-state index contributed by atoms with van der Waals surface area (Å²) in [6.07, 6.45) is -0.493. The molecular formula is C24H22N2O5. The number of amides is 1. The Kier molecular flexibility index (Phi) is 5.49. The van der Waals surface area contributed by atoms with Gasteiger partial charge in [-0.3, -0.25) is 9.69 Å². The zero-order valence-corrected chi connectivity index (χ0v) is 17.2. The fourth-order valence-electron chi connectivity index (χ4n) is 3.57. The number of aliphatic carboxylic acids is 1. The molecule has 0 aromatic heterocycles. The Morgan fingerprint density at radius 1 is 1.06 bits per heavy atom. The second kappa shape index (κ2) is 8.39. The molecule has 2 N–H and O–H groups in total. The molecule has 0 aliphatic carbocycles. The summed E-state index contributed by atoms with van der Waals surface area (Å²) in [5, 5.41) is 12.3. The number of rotatable bonds is 6. The number of carboxylic acids is 1. The zero-order chi connectivity index (χ0) is 22.0. The molecule has 3 aromatic rings. The zero-order valence-electron chi connectivity index (χ0n) is 17.2.